The minimum absolute atomic E-state index is 0.0552. The van der Waals surface area contributed by atoms with Gasteiger partial charge in [-0.15, -0.1) is 0 Å². The van der Waals surface area contributed by atoms with Crippen LogP contribution >= 0.6 is 0 Å². The van der Waals surface area contributed by atoms with E-state index in [1.54, 1.807) is 0 Å². The molecule has 4 nitrogen and oxygen atoms in total. The van der Waals surface area contributed by atoms with E-state index in [4.69, 9.17) is 0 Å². The largest absolute Gasteiger partial charge is 0.337 e. The van der Waals surface area contributed by atoms with Gasteiger partial charge in [-0.3, -0.25) is 4.79 Å². The molecular weight excluding hydrogens is 226 g/mol. The van der Waals surface area contributed by atoms with Crippen LogP contribution in [0.2, 0.25) is 0 Å². The molecule has 2 fully saturated rings. The number of piperidine rings is 1. The van der Waals surface area contributed by atoms with Crippen LogP contribution in [0.4, 0.5) is 0 Å². The van der Waals surface area contributed by atoms with E-state index >= 15 is 0 Å². The second-order valence-corrected chi connectivity index (χ2v) is 6.05. The minimum atomic E-state index is 0.0552. The van der Waals surface area contributed by atoms with Crippen molar-refractivity contribution < 1.29 is 4.79 Å². The number of amides is 1. The van der Waals surface area contributed by atoms with Crippen molar-refractivity contribution in [2.45, 2.75) is 57.7 Å². The van der Waals surface area contributed by atoms with E-state index in [2.05, 4.69) is 36.0 Å². The number of rotatable bonds is 1. The zero-order chi connectivity index (χ0) is 13.1. The summed E-state index contributed by atoms with van der Waals surface area (Å²) in [4.78, 5) is 17.0. The third kappa shape index (κ3) is 3.23. The maximum Gasteiger partial charge on any atom is 0.239 e. The molecule has 1 amide bonds. The minimum Gasteiger partial charge on any atom is -0.337 e. The Bertz CT molecular complexity index is 295. The van der Waals surface area contributed by atoms with Crippen molar-refractivity contribution in [1.29, 1.82) is 0 Å². The van der Waals surface area contributed by atoms with Crippen molar-refractivity contribution in [1.82, 2.24) is 15.1 Å². The Labute approximate surface area is 111 Å². The lowest BCUT2D eigenvalue weighted by Crippen LogP contribution is -2.54. The van der Waals surface area contributed by atoms with Crippen molar-refractivity contribution >= 4 is 5.91 Å². The molecule has 2 heterocycles. The van der Waals surface area contributed by atoms with Gasteiger partial charge in [0.05, 0.1) is 6.04 Å². The third-order valence-electron chi connectivity index (χ3n) is 4.24. The zero-order valence-electron chi connectivity index (χ0n) is 12.0. The van der Waals surface area contributed by atoms with Gasteiger partial charge in [0.2, 0.25) is 5.91 Å². The molecule has 2 rings (SSSR count). The molecule has 1 N–H and O–H groups in total. The summed E-state index contributed by atoms with van der Waals surface area (Å²) < 4.78 is 0. The lowest BCUT2D eigenvalue weighted by atomic mass is 9.98. The van der Waals surface area contributed by atoms with Gasteiger partial charge in [-0.25, -0.2) is 0 Å². The molecule has 0 bridgehead atoms. The molecule has 104 valence electrons. The number of hydrogen-bond acceptors (Lipinski definition) is 3. The van der Waals surface area contributed by atoms with Gasteiger partial charge in [-0.2, -0.15) is 0 Å². The highest BCUT2D eigenvalue weighted by molar-refractivity contribution is 5.82. The third-order valence-corrected chi connectivity index (χ3v) is 4.24. The first-order chi connectivity index (χ1) is 8.58. The van der Waals surface area contributed by atoms with Crippen LogP contribution in [0, 0.1) is 0 Å². The molecule has 2 aliphatic heterocycles. The molecular formula is C14H27N3O. The van der Waals surface area contributed by atoms with E-state index in [0.717, 1.165) is 32.5 Å². The topological polar surface area (TPSA) is 35.6 Å². The summed E-state index contributed by atoms with van der Waals surface area (Å²) in [5.74, 6) is 0.323. The van der Waals surface area contributed by atoms with E-state index in [9.17, 15) is 4.79 Å². The summed E-state index contributed by atoms with van der Waals surface area (Å²) in [7, 11) is 2.14. The smallest absolute Gasteiger partial charge is 0.239 e. The Balaban J connectivity index is 1.98. The SMILES string of the molecule is CC1CCCC(C(=O)N2CCCN(C)CC2C)N1. The van der Waals surface area contributed by atoms with Gasteiger partial charge >= 0.3 is 0 Å². The van der Waals surface area contributed by atoms with Gasteiger partial charge in [-0.05, 0) is 53.1 Å². The molecule has 0 aliphatic carbocycles. The fourth-order valence-corrected chi connectivity index (χ4v) is 3.23. The second kappa shape index (κ2) is 6.02. The van der Waals surface area contributed by atoms with Crippen LogP contribution in [-0.2, 0) is 4.79 Å². The van der Waals surface area contributed by atoms with Gasteiger partial charge in [0.25, 0.3) is 0 Å². The summed E-state index contributed by atoms with van der Waals surface area (Å²) in [5.41, 5.74) is 0. The number of nitrogens with zero attached hydrogens (tertiary/aromatic N) is 2. The molecule has 18 heavy (non-hydrogen) atoms. The average Bonchev–Trinajstić information content (AvgIpc) is 2.49. The van der Waals surface area contributed by atoms with Gasteiger partial charge in [0.1, 0.15) is 0 Å². The molecule has 2 saturated heterocycles. The standard InChI is InChI=1S/C14H27N3O/c1-11-6-4-7-13(15-11)14(18)17-9-5-8-16(3)10-12(17)2/h11-13,15H,4-10H2,1-3H3. The molecule has 0 aromatic rings. The Morgan fingerprint density at radius 1 is 1.17 bits per heavy atom. The predicted octanol–water partition coefficient (Wildman–Crippen LogP) is 1.07. The van der Waals surface area contributed by atoms with Crippen LogP contribution in [0.5, 0.6) is 0 Å². The van der Waals surface area contributed by atoms with Crippen molar-refractivity contribution in [3.05, 3.63) is 0 Å². The normalized spacial score (nSPS) is 35.3. The van der Waals surface area contributed by atoms with Crippen molar-refractivity contribution in [2.75, 3.05) is 26.7 Å². The lowest BCUT2D eigenvalue weighted by Gasteiger charge is -2.35. The molecule has 0 saturated carbocycles. The highest BCUT2D eigenvalue weighted by Gasteiger charge is 2.31. The molecule has 4 heteroatoms. The van der Waals surface area contributed by atoms with E-state index in [1.807, 2.05) is 0 Å². The molecule has 3 unspecified atom stereocenters. The highest BCUT2D eigenvalue weighted by Crippen LogP contribution is 2.17. The molecule has 0 spiro atoms. The number of hydrogen-bond donors (Lipinski definition) is 1. The maximum absolute atomic E-state index is 12.6. The summed E-state index contributed by atoms with van der Waals surface area (Å²) in [6.45, 7) is 7.36. The van der Waals surface area contributed by atoms with Gasteiger partial charge in [-0.1, -0.05) is 0 Å². The monoisotopic (exact) mass is 253 g/mol. The van der Waals surface area contributed by atoms with E-state index < -0.39 is 0 Å². The van der Waals surface area contributed by atoms with E-state index in [-0.39, 0.29) is 6.04 Å². The Kier molecular flexibility index (Phi) is 4.62. The molecule has 0 radical (unpaired) electrons. The number of carbonyl (C=O) groups excluding carboxylic acids is 1. The van der Waals surface area contributed by atoms with Crippen LogP contribution in [0.25, 0.3) is 0 Å². The Morgan fingerprint density at radius 3 is 2.67 bits per heavy atom. The summed E-state index contributed by atoms with van der Waals surface area (Å²) in [6, 6.07) is 0.876. The zero-order valence-corrected chi connectivity index (χ0v) is 12.0. The summed E-state index contributed by atoms with van der Waals surface area (Å²) in [6.07, 6.45) is 4.46. The Morgan fingerprint density at radius 2 is 1.94 bits per heavy atom. The van der Waals surface area contributed by atoms with Gasteiger partial charge in [0, 0.05) is 25.2 Å². The number of nitrogens with one attached hydrogen (secondary N) is 1. The average molecular weight is 253 g/mol. The summed E-state index contributed by atoms with van der Waals surface area (Å²) >= 11 is 0. The van der Waals surface area contributed by atoms with E-state index in [0.29, 0.717) is 18.0 Å². The lowest BCUT2D eigenvalue weighted by molar-refractivity contribution is -0.136. The molecule has 2 aliphatic rings. The highest BCUT2D eigenvalue weighted by atomic mass is 16.2. The van der Waals surface area contributed by atoms with E-state index in [1.165, 1.54) is 12.8 Å². The fraction of sp³-hybridized carbons (Fsp3) is 0.929. The quantitative estimate of drug-likeness (QED) is 0.759. The van der Waals surface area contributed by atoms with Crippen LogP contribution < -0.4 is 5.32 Å². The van der Waals surface area contributed by atoms with Crippen molar-refractivity contribution in [2.24, 2.45) is 0 Å². The summed E-state index contributed by atoms with van der Waals surface area (Å²) in [5, 5.41) is 3.46. The van der Waals surface area contributed by atoms with Crippen LogP contribution in [0.15, 0.2) is 0 Å². The van der Waals surface area contributed by atoms with Crippen molar-refractivity contribution in [3.8, 4) is 0 Å². The first-order valence-electron chi connectivity index (χ1n) is 7.33. The number of likely N-dealkylation sites (N-methyl/N-ethyl adjacent to an activating group) is 1. The first kappa shape index (κ1) is 13.8. The molecule has 3 atom stereocenters. The first-order valence-corrected chi connectivity index (χ1v) is 7.33. The predicted molar refractivity (Wildman–Crippen MR) is 73.5 cm³/mol. The number of carbonyl (C=O) groups is 1. The fourth-order valence-electron chi connectivity index (χ4n) is 3.23. The van der Waals surface area contributed by atoms with Gasteiger partial charge < -0.3 is 15.1 Å². The van der Waals surface area contributed by atoms with Crippen LogP contribution in [0.3, 0.4) is 0 Å². The Hall–Kier alpha value is -0.610. The van der Waals surface area contributed by atoms with Crippen LogP contribution in [-0.4, -0.2) is 60.5 Å². The van der Waals surface area contributed by atoms with Gasteiger partial charge in [0.15, 0.2) is 0 Å². The molecule has 0 aromatic heterocycles. The maximum atomic E-state index is 12.6. The van der Waals surface area contributed by atoms with Crippen LogP contribution in [0.1, 0.15) is 39.5 Å². The molecule has 0 aromatic carbocycles. The second-order valence-electron chi connectivity index (χ2n) is 6.05. The van der Waals surface area contributed by atoms with Crippen molar-refractivity contribution in [3.63, 3.8) is 0 Å².